The van der Waals surface area contributed by atoms with E-state index in [-0.39, 0.29) is 35.2 Å². The maximum atomic E-state index is 12.4. The second kappa shape index (κ2) is 9.86. The molecule has 0 bridgehead atoms. The standard InChI is InChI=1S/C16H24N4O4S.ClH/c1-11(16(22)18-10-14-4-3-9-17-14)20-25(23,24)15-7-5-13(6-8-15)19-12(2)21;/h5-8,11,14,17,20H,3-4,9-10H2,1-2H3,(H,18,22)(H,19,21);1H. The fourth-order valence-corrected chi connectivity index (χ4v) is 3.79. The third kappa shape index (κ3) is 6.56. The Balaban J connectivity index is 0.00000338. The molecular weight excluding hydrogens is 380 g/mol. The minimum Gasteiger partial charge on any atom is -0.353 e. The molecule has 1 aliphatic rings. The summed E-state index contributed by atoms with van der Waals surface area (Å²) in [5.41, 5.74) is 0.501. The van der Waals surface area contributed by atoms with Gasteiger partial charge < -0.3 is 16.0 Å². The molecule has 10 heteroatoms. The Morgan fingerprint density at radius 1 is 1.27 bits per heavy atom. The first-order chi connectivity index (χ1) is 11.8. The van der Waals surface area contributed by atoms with E-state index in [0.717, 1.165) is 19.4 Å². The first kappa shape index (κ1) is 22.4. The highest BCUT2D eigenvalue weighted by Gasteiger charge is 2.23. The van der Waals surface area contributed by atoms with Crippen molar-refractivity contribution < 1.29 is 18.0 Å². The monoisotopic (exact) mass is 404 g/mol. The van der Waals surface area contributed by atoms with Crippen molar-refractivity contribution in [2.75, 3.05) is 18.4 Å². The summed E-state index contributed by atoms with van der Waals surface area (Å²) in [6.45, 7) is 4.29. The highest BCUT2D eigenvalue weighted by molar-refractivity contribution is 7.89. The van der Waals surface area contributed by atoms with E-state index in [4.69, 9.17) is 0 Å². The second-order valence-corrected chi connectivity index (χ2v) is 7.80. The van der Waals surface area contributed by atoms with E-state index in [2.05, 4.69) is 20.7 Å². The molecule has 0 radical (unpaired) electrons. The van der Waals surface area contributed by atoms with Crippen LogP contribution in [0.15, 0.2) is 29.2 Å². The van der Waals surface area contributed by atoms with Crippen molar-refractivity contribution in [3.63, 3.8) is 0 Å². The normalized spacial score (nSPS) is 17.8. The summed E-state index contributed by atoms with van der Waals surface area (Å²) >= 11 is 0. The van der Waals surface area contributed by atoms with E-state index in [1.54, 1.807) is 0 Å². The van der Waals surface area contributed by atoms with E-state index in [0.29, 0.717) is 12.2 Å². The Morgan fingerprint density at radius 2 is 1.92 bits per heavy atom. The van der Waals surface area contributed by atoms with E-state index < -0.39 is 16.1 Å². The van der Waals surface area contributed by atoms with Crippen molar-refractivity contribution in [1.82, 2.24) is 15.4 Å². The lowest BCUT2D eigenvalue weighted by Gasteiger charge is -2.17. The van der Waals surface area contributed by atoms with Gasteiger partial charge in [0.05, 0.1) is 10.9 Å². The average Bonchev–Trinajstić information content (AvgIpc) is 3.05. The van der Waals surface area contributed by atoms with Gasteiger partial charge in [-0.2, -0.15) is 4.72 Å². The van der Waals surface area contributed by atoms with E-state index >= 15 is 0 Å². The predicted molar refractivity (Wildman–Crippen MR) is 102 cm³/mol. The molecule has 1 fully saturated rings. The third-order valence-corrected chi connectivity index (χ3v) is 5.45. The van der Waals surface area contributed by atoms with Gasteiger partial charge >= 0.3 is 0 Å². The molecule has 0 saturated carbocycles. The summed E-state index contributed by atoms with van der Waals surface area (Å²) in [4.78, 5) is 23.1. The van der Waals surface area contributed by atoms with Crippen LogP contribution in [-0.2, 0) is 19.6 Å². The molecule has 0 aromatic heterocycles. The maximum absolute atomic E-state index is 12.4. The molecule has 2 rings (SSSR count). The van der Waals surface area contributed by atoms with Gasteiger partial charge in [0.25, 0.3) is 0 Å². The molecule has 1 heterocycles. The molecule has 2 amide bonds. The highest BCUT2D eigenvalue weighted by Crippen LogP contribution is 2.14. The molecular formula is C16H25ClN4O4S. The lowest BCUT2D eigenvalue weighted by Crippen LogP contribution is -2.47. The van der Waals surface area contributed by atoms with Crippen LogP contribution in [0.5, 0.6) is 0 Å². The van der Waals surface area contributed by atoms with Gasteiger partial charge in [0.2, 0.25) is 21.8 Å². The van der Waals surface area contributed by atoms with Crippen molar-refractivity contribution in [2.45, 2.75) is 43.7 Å². The van der Waals surface area contributed by atoms with Crippen LogP contribution < -0.4 is 20.7 Å². The fraction of sp³-hybridized carbons (Fsp3) is 0.500. The quantitative estimate of drug-likeness (QED) is 0.531. The number of nitrogens with one attached hydrogen (secondary N) is 4. The van der Waals surface area contributed by atoms with E-state index in [1.807, 2.05) is 0 Å². The van der Waals surface area contributed by atoms with Gasteiger partial charge in [-0.25, -0.2) is 8.42 Å². The van der Waals surface area contributed by atoms with Gasteiger partial charge in [0, 0.05) is 25.2 Å². The Hall–Kier alpha value is -1.68. The number of hydrogen-bond acceptors (Lipinski definition) is 5. The zero-order chi connectivity index (χ0) is 18.4. The predicted octanol–water partition coefficient (Wildman–Crippen LogP) is 0.602. The molecule has 4 N–H and O–H groups in total. The topological polar surface area (TPSA) is 116 Å². The smallest absolute Gasteiger partial charge is 0.241 e. The number of rotatable bonds is 7. The Labute approximate surface area is 160 Å². The number of sulfonamides is 1. The highest BCUT2D eigenvalue weighted by atomic mass is 35.5. The molecule has 26 heavy (non-hydrogen) atoms. The minimum absolute atomic E-state index is 0. The van der Waals surface area contributed by atoms with E-state index in [1.165, 1.54) is 38.1 Å². The lowest BCUT2D eigenvalue weighted by atomic mass is 10.2. The van der Waals surface area contributed by atoms with E-state index in [9.17, 15) is 18.0 Å². The van der Waals surface area contributed by atoms with Crippen LogP contribution in [0.4, 0.5) is 5.69 Å². The van der Waals surface area contributed by atoms with Crippen LogP contribution in [0.2, 0.25) is 0 Å². The molecule has 8 nitrogen and oxygen atoms in total. The van der Waals surface area contributed by atoms with Crippen LogP contribution in [0.25, 0.3) is 0 Å². The summed E-state index contributed by atoms with van der Waals surface area (Å²) in [6, 6.07) is 5.09. The number of carbonyl (C=O) groups excluding carboxylic acids is 2. The van der Waals surface area contributed by atoms with Gasteiger partial charge in [-0.1, -0.05) is 0 Å². The molecule has 0 aliphatic carbocycles. The summed E-state index contributed by atoms with van der Waals surface area (Å²) < 4.78 is 27.1. The van der Waals surface area contributed by atoms with Crippen LogP contribution >= 0.6 is 12.4 Å². The largest absolute Gasteiger partial charge is 0.353 e. The number of amides is 2. The first-order valence-corrected chi connectivity index (χ1v) is 9.67. The minimum atomic E-state index is -3.83. The summed E-state index contributed by atoms with van der Waals surface area (Å²) in [6.07, 6.45) is 2.08. The summed E-state index contributed by atoms with van der Waals surface area (Å²) in [5, 5.41) is 8.58. The van der Waals surface area contributed by atoms with Gasteiger partial charge in [-0.15, -0.1) is 12.4 Å². The van der Waals surface area contributed by atoms with Crippen molar-refractivity contribution in [2.24, 2.45) is 0 Å². The fourth-order valence-electron chi connectivity index (χ4n) is 2.58. The van der Waals surface area contributed by atoms with Crippen LogP contribution in [-0.4, -0.2) is 45.4 Å². The van der Waals surface area contributed by atoms with Crippen LogP contribution in [0.3, 0.4) is 0 Å². The third-order valence-electron chi connectivity index (χ3n) is 3.90. The molecule has 1 aromatic rings. The van der Waals surface area contributed by atoms with Crippen molar-refractivity contribution in [3.05, 3.63) is 24.3 Å². The summed E-state index contributed by atoms with van der Waals surface area (Å²) in [7, 11) is -3.83. The zero-order valence-corrected chi connectivity index (χ0v) is 16.4. The molecule has 146 valence electrons. The Bertz CT molecular complexity index is 718. The maximum Gasteiger partial charge on any atom is 0.241 e. The molecule has 2 atom stereocenters. The second-order valence-electron chi connectivity index (χ2n) is 6.09. The lowest BCUT2D eigenvalue weighted by molar-refractivity contribution is -0.122. The molecule has 0 spiro atoms. The van der Waals surface area contributed by atoms with Gasteiger partial charge in [0.15, 0.2) is 0 Å². The molecule has 2 unspecified atom stereocenters. The molecule has 1 aliphatic heterocycles. The molecule has 1 saturated heterocycles. The number of hydrogen-bond donors (Lipinski definition) is 4. The zero-order valence-electron chi connectivity index (χ0n) is 14.7. The van der Waals surface area contributed by atoms with Crippen LogP contribution in [0, 0.1) is 0 Å². The van der Waals surface area contributed by atoms with Crippen molar-refractivity contribution in [3.8, 4) is 0 Å². The number of anilines is 1. The van der Waals surface area contributed by atoms with Gasteiger partial charge in [-0.05, 0) is 50.6 Å². The number of benzene rings is 1. The Kier molecular flexibility index (Phi) is 8.48. The first-order valence-electron chi connectivity index (χ1n) is 8.19. The van der Waals surface area contributed by atoms with Crippen LogP contribution in [0.1, 0.15) is 26.7 Å². The SMILES string of the molecule is CC(=O)Nc1ccc(S(=O)(=O)NC(C)C(=O)NCC2CCCN2)cc1.Cl. The number of halogens is 1. The molecule has 1 aromatic carbocycles. The van der Waals surface area contributed by atoms with Gasteiger partial charge in [0.1, 0.15) is 0 Å². The van der Waals surface area contributed by atoms with Gasteiger partial charge in [-0.3, -0.25) is 9.59 Å². The number of carbonyl (C=O) groups is 2. The van der Waals surface area contributed by atoms with Crippen molar-refractivity contribution >= 4 is 39.9 Å². The summed E-state index contributed by atoms with van der Waals surface area (Å²) in [5.74, 6) is -0.608. The van der Waals surface area contributed by atoms with Crippen molar-refractivity contribution in [1.29, 1.82) is 0 Å². The Morgan fingerprint density at radius 3 is 2.46 bits per heavy atom. The average molecular weight is 405 g/mol.